The third-order valence-electron chi connectivity index (χ3n) is 6.82. The lowest BCUT2D eigenvalue weighted by atomic mass is 9.53. The van der Waals surface area contributed by atoms with Gasteiger partial charge in [-0.3, -0.25) is 5.41 Å². The van der Waals surface area contributed by atoms with Crippen molar-refractivity contribution < 1.29 is 14.2 Å². The molecule has 2 fully saturated rings. The molecule has 2 aliphatic rings. The van der Waals surface area contributed by atoms with Crippen LogP contribution in [-0.4, -0.2) is 18.3 Å². The first-order valence-electron chi connectivity index (χ1n) is 11.3. The SMILES string of the molecule is CCCCCCCOc1ccc(C2OC3(C)OC(=N)C(C#N)(C3CC)C2(C#N)C#N)cc1. The van der Waals surface area contributed by atoms with Crippen LogP contribution in [0.15, 0.2) is 24.3 Å². The van der Waals surface area contributed by atoms with Crippen molar-refractivity contribution in [1.82, 2.24) is 0 Å². The van der Waals surface area contributed by atoms with Crippen molar-refractivity contribution >= 4 is 5.90 Å². The molecule has 0 spiro atoms. The monoisotopic (exact) mass is 434 g/mol. The van der Waals surface area contributed by atoms with Crippen LogP contribution in [0.5, 0.6) is 5.75 Å². The molecule has 0 saturated carbocycles. The Balaban J connectivity index is 1.88. The molecule has 4 unspecified atom stereocenters. The smallest absolute Gasteiger partial charge is 0.214 e. The summed E-state index contributed by atoms with van der Waals surface area (Å²) in [5.41, 5.74) is -3.06. The average molecular weight is 435 g/mol. The van der Waals surface area contributed by atoms with Crippen molar-refractivity contribution in [2.45, 2.75) is 71.2 Å². The van der Waals surface area contributed by atoms with Crippen LogP contribution >= 0.6 is 0 Å². The van der Waals surface area contributed by atoms with Gasteiger partial charge in [-0.25, -0.2) is 0 Å². The molecule has 2 saturated heterocycles. The van der Waals surface area contributed by atoms with Gasteiger partial charge in [0.05, 0.1) is 30.7 Å². The Morgan fingerprint density at radius 3 is 2.22 bits per heavy atom. The fourth-order valence-corrected chi connectivity index (χ4v) is 5.16. The quantitative estimate of drug-likeness (QED) is 0.519. The Morgan fingerprint density at radius 2 is 1.66 bits per heavy atom. The summed E-state index contributed by atoms with van der Waals surface area (Å²) >= 11 is 0. The van der Waals surface area contributed by atoms with Gasteiger partial charge in [0, 0.05) is 6.92 Å². The van der Waals surface area contributed by atoms with Gasteiger partial charge in [0.1, 0.15) is 11.9 Å². The number of nitriles is 3. The van der Waals surface area contributed by atoms with Gasteiger partial charge in [-0.2, -0.15) is 15.8 Å². The highest BCUT2D eigenvalue weighted by Crippen LogP contribution is 2.67. The van der Waals surface area contributed by atoms with Crippen molar-refractivity contribution in [3.8, 4) is 24.0 Å². The summed E-state index contributed by atoms with van der Waals surface area (Å²) in [5.74, 6) is -1.56. The van der Waals surface area contributed by atoms with Gasteiger partial charge in [0.2, 0.25) is 17.1 Å². The minimum Gasteiger partial charge on any atom is -0.494 e. The summed E-state index contributed by atoms with van der Waals surface area (Å²) < 4.78 is 17.8. The molecule has 0 aromatic heterocycles. The number of ether oxygens (including phenoxy) is 3. The standard InChI is InChI=1S/C25H30N4O3/c1-4-6-7-8-9-14-30-19-12-10-18(11-13-19)21-24(15-26,16-27)25(17-28)20(5-2)23(3,31-21)32-22(25)29/h10-13,20-21,29H,4-9,14H2,1-3H3. The highest BCUT2D eigenvalue weighted by molar-refractivity contribution is 5.89. The second kappa shape index (κ2) is 9.19. The number of unbranched alkanes of at least 4 members (excludes halogenated alkanes) is 4. The number of fused-ring (bicyclic) bond motifs is 2. The molecule has 3 rings (SSSR count). The molecule has 2 bridgehead atoms. The van der Waals surface area contributed by atoms with Crippen molar-refractivity contribution in [3.05, 3.63) is 29.8 Å². The van der Waals surface area contributed by atoms with Gasteiger partial charge in [-0.15, -0.1) is 0 Å². The summed E-state index contributed by atoms with van der Waals surface area (Å²) in [4.78, 5) is 0. The van der Waals surface area contributed by atoms with E-state index in [0.29, 0.717) is 24.3 Å². The Labute approximate surface area is 190 Å². The van der Waals surface area contributed by atoms with Crippen molar-refractivity contribution in [2.75, 3.05) is 6.61 Å². The van der Waals surface area contributed by atoms with Gasteiger partial charge < -0.3 is 14.2 Å². The summed E-state index contributed by atoms with van der Waals surface area (Å²) in [6.07, 6.45) is 5.14. The number of hydrogen-bond acceptors (Lipinski definition) is 7. The molecular formula is C25H30N4O3. The fourth-order valence-electron chi connectivity index (χ4n) is 5.16. The van der Waals surface area contributed by atoms with Gasteiger partial charge >= 0.3 is 0 Å². The van der Waals surface area contributed by atoms with E-state index in [0.717, 1.165) is 12.8 Å². The van der Waals surface area contributed by atoms with Gasteiger partial charge in [0.25, 0.3) is 0 Å². The van der Waals surface area contributed by atoms with Crippen molar-refractivity contribution in [2.24, 2.45) is 16.7 Å². The maximum atomic E-state index is 10.2. The summed E-state index contributed by atoms with van der Waals surface area (Å²) in [6, 6.07) is 13.3. The van der Waals surface area contributed by atoms with Crippen LogP contribution in [0, 0.1) is 56.2 Å². The zero-order chi connectivity index (χ0) is 23.4. The summed E-state index contributed by atoms with van der Waals surface area (Å²) in [5, 5.41) is 39.0. The van der Waals surface area contributed by atoms with Crippen LogP contribution in [0.25, 0.3) is 0 Å². The number of nitrogens with one attached hydrogen (secondary N) is 1. The van der Waals surface area contributed by atoms with Crippen LogP contribution in [0.3, 0.4) is 0 Å². The Morgan fingerprint density at radius 1 is 1.00 bits per heavy atom. The molecule has 1 N–H and O–H groups in total. The number of benzene rings is 1. The molecule has 7 nitrogen and oxygen atoms in total. The Hall–Kier alpha value is -3.08. The van der Waals surface area contributed by atoms with Crippen LogP contribution in [0.2, 0.25) is 0 Å². The molecule has 4 atom stereocenters. The van der Waals surface area contributed by atoms with E-state index in [-0.39, 0.29) is 5.90 Å². The number of rotatable bonds is 9. The molecular weight excluding hydrogens is 404 g/mol. The first kappa shape index (κ1) is 23.6. The lowest BCUT2D eigenvalue weighted by Crippen LogP contribution is -2.58. The summed E-state index contributed by atoms with van der Waals surface area (Å²) in [7, 11) is 0. The maximum absolute atomic E-state index is 10.2. The van der Waals surface area contributed by atoms with E-state index in [2.05, 4.69) is 25.1 Å². The highest BCUT2D eigenvalue weighted by Gasteiger charge is 2.78. The maximum Gasteiger partial charge on any atom is 0.214 e. The van der Waals surface area contributed by atoms with E-state index >= 15 is 0 Å². The molecule has 7 heteroatoms. The predicted molar refractivity (Wildman–Crippen MR) is 117 cm³/mol. The van der Waals surface area contributed by atoms with Gasteiger partial charge in [-0.1, -0.05) is 51.7 Å². The van der Waals surface area contributed by atoms with E-state index in [1.165, 1.54) is 19.3 Å². The number of nitrogens with zero attached hydrogens (tertiary/aromatic N) is 3. The molecule has 0 aliphatic carbocycles. The predicted octanol–water partition coefficient (Wildman–Crippen LogP) is 5.40. The largest absolute Gasteiger partial charge is 0.494 e. The minimum atomic E-state index is -1.92. The lowest BCUT2D eigenvalue weighted by Gasteiger charge is -2.48. The van der Waals surface area contributed by atoms with Crippen LogP contribution < -0.4 is 4.74 Å². The zero-order valence-corrected chi connectivity index (χ0v) is 19.0. The van der Waals surface area contributed by atoms with Crippen LogP contribution in [0.1, 0.15) is 71.0 Å². The van der Waals surface area contributed by atoms with Crippen LogP contribution in [0.4, 0.5) is 0 Å². The fraction of sp³-hybridized carbons (Fsp3) is 0.600. The summed E-state index contributed by atoms with van der Waals surface area (Å²) in [6.45, 7) is 6.33. The van der Waals surface area contributed by atoms with E-state index in [1.54, 1.807) is 31.2 Å². The van der Waals surface area contributed by atoms with E-state index in [1.807, 2.05) is 6.92 Å². The molecule has 1 aromatic rings. The first-order chi connectivity index (χ1) is 15.4. The van der Waals surface area contributed by atoms with Crippen molar-refractivity contribution in [1.29, 1.82) is 21.2 Å². The molecule has 168 valence electrons. The topological polar surface area (TPSA) is 123 Å². The van der Waals surface area contributed by atoms with Crippen molar-refractivity contribution in [3.63, 3.8) is 0 Å². The molecule has 2 aliphatic heterocycles. The number of hydrogen-bond donors (Lipinski definition) is 1. The zero-order valence-electron chi connectivity index (χ0n) is 19.0. The first-order valence-corrected chi connectivity index (χ1v) is 11.3. The van der Waals surface area contributed by atoms with Gasteiger partial charge in [-0.05, 0) is 30.5 Å². The molecule has 2 heterocycles. The second-order valence-electron chi connectivity index (χ2n) is 8.69. The Bertz CT molecular complexity index is 957. The third kappa shape index (κ3) is 3.40. The molecule has 0 radical (unpaired) electrons. The van der Waals surface area contributed by atoms with Crippen LogP contribution in [-0.2, 0) is 9.47 Å². The molecule has 32 heavy (non-hydrogen) atoms. The van der Waals surface area contributed by atoms with E-state index in [9.17, 15) is 15.8 Å². The Kier molecular flexibility index (Phi) is 6.77. The van der Waals surface area contributed by atoms with E-state index < -0.39 is 28.6 Å². The second-order valence-corrected chi connectivity index (χ2v) is 8.69. The third-order valence-corrected chi connectivity index (χ3v) is 6.82. The average Bonchev–Trinajstić information content (AvgIpc) is 2.98. The minimum absolute atomic E-state index is 0.372. The molecule has 0 amide bonds. The lowest BCUT2D eigenvalue weighted by molar-refractivity contribution is -0.273. The van der Waals surface area contributed by atoms with Gasteiger partial charge in [0.15, 0.2) is 5.41 Å². The van der Waals surface area contributed by atoms with E-state index in [4.69, 9.17) is 19.6 Å². The highest BCUT2D eigenvalue weighted by atomic mass is 16.7. The molecule has 1 aromatic carbocycles. The normalized spacial score (nSPS) is 29.9.